The number of aldehydes is 1. The minimum absolute atomic E-state index is 0.125. The summed E-state index contributed by atoms with van der Waals surface area (Å²) in [6.07, 6.45) is 23.2. The Bertz CT molecular complexity index is 1300. The van der Waals surface area contributed by atoms with Crippen molar-refractivity contribution in [1.29, 1.82) is 0 Å². The van der Waals surface area contributed by atoms with E-state index in [2.05, 4.69) is 39.6 Å². The molecule has 2 atom stereocenters. The molecule has 0 N–H and O–H groups in total. The molecular weight excluding hydrogens is 677 g/mol. The standard InChI is InChI=1S/C21H35N3O2.C15H25N3O.C6H10O.C2H6/c1-4-5-12-18-22-21(20(26)24(18)16(2)3)13-9-14-23(15-21)19(25)17-10-7-6-8-11-17;1-3-18-13(10-12-6-4-7-12)16-15(14(18)19)8-5-9-17(2)11-15;7-5-6-3-1-2-4-6;1-2/h16-17H,4-15H2,1-3H3;12H,3-11H2,1-2H3;5-6H,1-4H2;1-2H3. The number of aliphatic imine (C=N–C) groups is 2. The van der Waals surface area contributed by atoms with Gasteiger partial charge in [0.05, 0.1) is 6.54 Å². The van der Waals surface area contributed by atoms with Crippen LogP contribution in [-0.2, 0) is 19.2 Å². The summed E-state index contributed by atoms with van der Waals surface area (Å²) < 4.78 is 0. The number of rotatable bonds is 9. The Balaban J connectivity index is 0.000000202. The van der Waals surface area contributed by atoms with E-state index in [9.17, 15) is 19.2 Å². The van der Waals surface area contributed by atoms with Crippen LogP contribution in [-0.4, -0.2) is 112 Å². The number of carbonyl (C=O) groups is 4. The summed E-state index contributed by atoms with van der Waals surface area (Å²) in [7, 11) is 2.10. The zero-order valence-corrected chi connectivity index (χ0v) is 35.4. The SMILES string of the molecule is CC.CCCCC1=NC2(CCCN(C(=O)C3CCCCC3)C2)C(=O)N1C(C)C.CCN1C(=O)C2(CCCN(C)C2)N=C1CC1CCC1.O=CC1CCCC1. The second kappa shape index (κ2) is 21.1. The van der Waals surface area contributed by atoms with Crippen LogP contribution in [0.25, 0.3) is 0 Å². The molecule has 2 spiro atoms. The van der Waals surface area contributed by atoms with Crippen LogP contribution in [0.5, 0.6) is 0 Å². The molecule has 2 saturated heterocycles. The summed E-state index contributed by atoms with van der Waals surface area (Å²) in [5, 5.41) is 0. The summed E-state index contributed by atoms with van der Waals surface area (Å²) in [6, 6.07) is 0.127. The zero-order valence-electron chi connectivity index (χ0n) is 35.4. The molecule has 10 heteroatoms. The summed E-state index contributed by atoms with van der Waals surface area (Å²) >= 11 is 0. The van der Waals surface area contributed by atoms with Crippen LogP contribution in [0.3, 0.4) is 0 Å². The van der Waals surface area contributed by atoms with Gasteiger partial charge in [-0.3, -0.25) is 34.2 Å². The second-order valence-electron chi connectivity index (χ2n) is 17.3. The number of hydrogen-bond acceptors (Lipinski definition) is 7. The van der Waals surface area contributed by atoms with Crippen molar-refractivity contribution in [2.75, 3.05) is 39.8 Å². The first kappa shape index (κ1) is 44.1. The van der Waals surface area contributed by atoms with Crippen molar-refractivity contribution in [3.63, 3.8) is 0 Å². The fourth-order valence-electron chi connectivity index (χ4n) is 9.60. The number of hydrogen-bond donors (Lipinski definition) is 0. The zero-order chi connectivity index (χ0) is 39.3. The van der Waals surface area contributed by atoms with E-state index >= 15 is 0 Å². The van der Waals surface area contributed by atoms with Crippen LogP contribution in [0.1, 0.15) is 170 Å². The van der Waals surface area contributed by atoms with Crippen LogP contribution in [0.2, 0.25) is 0 Å². The highest BCUT2D eigenvalue weighted by Crippen LogP contribution is 2.38. The Morgan fingerprint density at radius 2 is 1.41 bits per heavy atom. The Morgan fingerprint density at radius 1 is 0.796 bits per heavy atom. The van der Waals surface area contributed by atoms with Crippen molar-refractivity contribution < 1.29 is 19.2 Å². The Kier molecular flexibility index (Phi) is 17.2. The minimum atomic E-state index is -0.712. The Labute approximate surface area is 328 Å². The quantitative estimate of drug-likeness (QED) is 0.222. The number of unbranched alkanes of at least 4 members (excludes halogenated alkanes) is 1. The summed E-state index contributed by atoms with van der Waals surface area (Å²) in [6.45, 7) is 16.3. The van der Waals surface area contributed by atoms with Crippen LogP contribution >= 0.6 is 0 Å². The van der Waals surface area contributed by atoms with Gasteiger partial charge in [0.25, 0.3) is 11.8 Å². The number of piperidine rings is 2. The highest BCUT2D eigenvalue weighted by atomic mass is 16.2. The first-order valence-corrected chi connectivity index (χ1v) is 22.3. The van der Waals surface area contributed by atoms with Gasteiger partial charge < -0.3 is 14.6 Å². The molecule has 0 radical (unpaired) electrons. The number of amidine groups is 2. The van der Waals surface area contributed by atoms with Crippen molar-refractivity contribution in [2.24, 2.45) is 27.7 Å². The average Bonchev–Trinajstić information content (AvgIpc) is 3.86. The van der Waals surface area contributed by atoms with Crippen LogP contribution < -0.4 is 0 Å². The van der Waals surface area contributed by atoms with Gasteiger partial charge in [-0.05, 0) is 98.1 Å². The van der Waals surface area contributed by atoms with Gasteiger partial charge in [-0.25, -0.2) is 0 Å². The van der Waals surface area contributed by atoms with Gasteiger partial charge in [-0.15, -0.1) is 0 Å². The van der Waals surface area contributed by atoms with Crippen molar-refractivity contribution in [1.82, 2.24) is 19.6 Å². The van der Waals surface area contributed by atoms with E-state index in [4.69, 9.17) is 9.98 Å². The molecule has 0 aromatic heterocycles. The fraction of sp³-hybridized carbons (Fsp3) is 0.864. The molecule has 3 saturated carbocycles. The van der Waals surface area contributed by atoms with E-state index < -0.39 is 11.1 Å². The molecule has 10 nitrogen and oxygen atoms in total. The summed E-state index contributed by atoms with van der Waals surface area (Å²) in [4.78, 5) is 67.1. The molecule has 5 fully saturated rings. The van der Waals surface area contributed by atoms with Gasteiger partial charge in [0, 0.05) is 50.4 Å². The maximum Gasteiger partial charge on any atom is 0.257 e. The first-order valence-electron chi connectivity index (χ1n) is 22.3. The smallest absolute Gasteiger partial charge is 0.257 e. The van der Waals surface area contributed by atoms with Gasteiger partial charge in [0.15, 0.2) is 11.1 Å². The highest BCUT2D eigenvalue weighted by Gasteiger charge is 2.52. The Hall–Kier alpha value is -2.62. The molecule has 7 rings (SSSR count). The van der Waals surface area contributed by atoms with E-state index in [1.807, 2.05) is 28.5 Å². The number of likely N-dealkylation sites (N-methyl/N-ethyl adjacent to an activating group) is 2. The molecule has 2 unspecified atom stereocenters. The third kappa shape index (κ3) is 10.6. The predicted molar refractivity (Wildman–Crippen MR) is 220 cm³/mol. The molecule has 7 aliphatic rings. The third-order valence-corrected chi connectivity index (χ3v) is 12.8. The van der Waals surface area contributed by atoms with E-state index in [1.54, 1.807) is 0 Å². The van der Waals surface area contributed by atoms with Crippen molar-refractivity contribution in [2.45, 2.75) is 187 Å². The molecule has 0 aromatic carbocycles. The topological polar surface area (TPSA) is 106 Å². The molecule has 4 aliphatic heterocycles. The van der Waals surface area contributed by atoms with Crippen molar-refractivity contribution in [3.05, 3.63) is 0 Å². The lowest BCUT2D eigenvalue weighted by Gasteiger charge is -2.39. The fourth-order valence-corrected chi connectivity index (χ4v) is 9.60. The van der Waals surface area contributed by atoms with Crippen molar-refractivity contribution in [3.8, 4) is 0 Å². The number of likely N-dealkylation sites (tertiary alicyclic amines) is 2. The van der Waals surface area contributed by atoms with E-state index in [-0.39, 0.29) is 29.7 Å². The number of nitrogens with zero attached hydrogens (tertiary/aromatic N) is 6. The maximum atomic E-state index is 13.3. The molecule has 0 aromatic rings. The number of amides is 3. The van der Waals surface area contributed by atoms with Crippen LogP contribution in [0.4, 0.5) is 0 Å². The lowest BCUT2D eigenvalue weighted by atomic mass is 9.82. The third-order valence-electron chi connectivity index (χ3n) is 12.8. The highest BCUT2D eigenvalue weighted by molar-refractivity contribution is 6.09. The molecule has 3 amide bonds. The molecule has 3 aliphatic carbocycles. The predicted octanol–water partition coefficient (Wildman–Crippen LogP) is 8.07. The minimum Gasteiger partial charge on any atom is -0.339 e. The molecular formula is C44H76N6O4. The first-order chi connectivity index (χ1) is 26.1. The molecule has 4 heterocycles. The summed E-state index contributed by atoms with van der Waals surface area (Å²) in [5.41, 5.74) is -1.15. The molecule has 0 bridgehead atoms. The van der Waals surface area contributed by atoms with Gasteiger partial charge in [0.1, 0.15) is 18.0 Å². The largest absolute Gasteiger partial charge is 0.339 e. The van der Waals surface area contributed by atoms with E-state index in [0.29, 0.717) is 12.5 Å². The normalized spacial score (nSPS) is 27.9. The lowest BCUT2D eigenvalue weighted by molar-refractivity contribution is -0.142. The maximum absolute atomic E-state index is 13.3. The number of carbonyl (C=O) groups excluding carboxylic acids is 4. The van der Waals surface area contributed by atoms with Crippen LogP contribution in [0, 0.1) is 17.8 Å². The monoisotopic (exact) mass is 753 g/mol. The molecule has 306 valence electrons. The lowest BCUT2D eigenvalue weighted by Crippen LogP contribution is -2.56. The Morgan fingerprint density at radius 3 is 1.94 bits per heavy atom. The van der Waals surface area contributed by atoms with Crippen LogP contribution in [0.15, 0.2) is 9.98 Å². The summed E-state index contributed by atoms with van der Waals surface area (Å²) in [5.74, 6) is 4.03. The van der Waals surface area contributed by atoms with E-state index in [1.165, 1.54) is 38.5 Å². The average molecular weight is 753 g/mol. The van der Waals surface area contributed by atoms with Gasteiger partial charge in [0.2, 0.25) is 5.91 Å². The van der Waals surface area contributed by atoms with Crippen molar-refractivity contribution >= 4 is 35.7 Å². The van der Waals surface area contributed by atoms with Gasteiger partial charge >= 0.3 is 0 Å². The van der Waals surface area contributed by atoms with Gasteiger partial charge in [-0.2, -0.15) is 0 Å². The van der Waals surface area contributed by atoms with Gasteiger partial charge in [-0.1, -0.05) is 78.6 Å². The molecule has 54 heavy (non-hydrogen) atoms. The van der Waals surface area contributed by atoms with E-state index in [0.717, 1.165) is 140 Å². The second-order valence-corrected chi connectivity index (χ2v) is 17.3.